The topological polar surface area (TPSA) is 70.2 Å². The molecule has 1 saturated heterocycles. The first-order valence-electron chi connectivity index (χ1n) is 11.1. The highest BCUT2D eigenvalue weighted by molar-refractivity contribution is 7.89. The third kappa shape index (κ3) is 5.23. The summed E-state index contributed by atoms with van der Waals surface area (Å²) < 4.78 is 32.1. The van der Waals surface area contributed by atoms with E-state index in [2.05, 4.69) is 16.3 Å². The molecular weight excluding hydrogens is 446 g/mol. The molecule has 1 atom stereocenters. The average molecular weight is 478 g/mol. The molecule has 0 bridgehead atoms. The van der Waals surface area contributed by atoms with Crippen LogP contribution < -0.4 is 4.90 Å². The van der Waals surface area contributed by atoms with Crippen LogP contribution in [0.25, 0.3) is 0 Å². The van der Waals surface area contributed by atoms with Crippen molar-refractivity contribution in [3.8, 4) is 0 Å². The van der Waals surface area contributed by atoms with Crippen LogP contribution in [0.5, 0.6) is 0 Å². The van der Waals surface area contributed by atoms with Crippen molar-refractivity contribution in [3.63, 3.8) is 0 Å². The standard InChI is InChI=1S/C23H31N3O4S2/c1-24(2)32(28,29)21-9-10-22-18(14-21)6-3-11-26(22)23(27)17-25(15-19-7-4-12-30-19)16-20-8-5-13-31-20/h5,8-10,13-14,19H,3-4,6-7,11-12,15-17H2,1-2H3. The van der Waals surface area contributed by atoms with Gasteiger partial charge >= 0.3 is 0 Å². The van der Waals surface area contributed by atoms with Crippen LogP contribution >= 0.6 is 11.3 Å². The number of sulfonamides is 1. The lowest BCUT2D eigenvalue weighted by atomic mass is 10.0. The van der Waals surface area contributed by atoms with Gasteiger partial charge < -0.3 is 9.64 Å². The molecule has 1 amide bonds. The number of thiophene rings is 1. The Bertz CT molecular complexity index is 1030. The number of carbonyl (C=O) groups is 1. The smallest absolute Gasteiger partial charge is 0.242 e. The SMILES string of the molecule is CN(C)S(=O)(=O)c1ccc2c(c1)CCCN2C(=O)CN(Cc1cccs1)CC1CCCO1. The lowest BCUT2D eigenvalue weighted by Crippen LogP contribution is -2.44. The molecule has 2 aliphatic rings. The lowest BCUT2D eigenvalue weighted by Gasteiger charge is -2.32. The molecule has 1 fully saturated rings. The van der Waals surface area contributed by atoms with Gasteiger partial charge in [0.2, 0.25) is 15.9 Å². The van der Waals surface area contributed by atoms with Crippen molar-refractivity contribution >= 4 is 33.0 Å². The molecule has 0 saturated carbocycles. The van der Waals surface area contributed by atoms with Crippen molar-refractivity contribution in [1.29, 1.82) is 0 Å². The summed E-state index contributed by atoms with van der Waals surface area (Å²) in [5, 5.41) is 2.06. The van der Waals surface area contributed by atoms with Gasteiger partial charge in [-0.15, -0.1) is 11.3 Å². The second-order valence-corrected chi connectivity index (χ2v) is 11.8. The van der Waals surface area contributed by atoms with E-state index in [1.165, 1.54) is 23.3 Å². The third-order valence-electron chi connectivity index (χ3n) is 6.05. The summed E-state index contributed by atoms with van der Waals surface area (Å²) >= 11 is 1.70. The van der Waals surface area contributed by atoms with E-state index >= 15 is 0 Å². The van der Waals surface area contributed by atoms with E-state index < -0.39 is 10.0 Å². The Labute approximate surface area is 194 Å². The Kier molecular flexibility index (Phi) is 7.31. The number of nitrogens with zero attached hydrogens (tertiary/aromatic N) is 3. The van der Waals surface area contributed by atoms with E-state index in [9.17, 15) is 13.2 Å². The van der Waals surface area contributed by atoms with Crippen molar-refractivity contribution in [2.75, 3.05) is 45.2 Å². The van der Waals surface area contributed by atoms with E-state index in [0.717, 1.165) is 56.6 Å². The van der Waals surface area contributed by atoms with E-state index in [1.54, 1.807) is 29.5 Å². The zero-order valence-corrected chi connectivity index (χ0v) is 20.3. The number of anilines is 1. The first-order chi connectivity index (χ1) is 15.3. The van der Waals surface area contributed by atoms with Gasteiger partial charge in [0.25, 0.3) is 0 Å². The van der Waals surface area contributed by atoms with Crippen molar-refractivity contribution < 1.29 is 17.9 Å². The molecule has 32 heavy (non-hydrogen) atoms. The molecule has 174 valence electrons. The van der Waals surface area contributed by atoms with Crippen LogP contribution in [0.15, 0.2) is 40.6 Å². The minimum Gasteiger partial charge on any atom is -0.377 e. The number of rotatable bonds is 8. The minimum atomic E-state index is -3.50. The van der Waals surface area contributed by atoms with Crippen LogP contribution in [0.4, 0.5) is 5.69 Å². The maximum Gasteiger partial charge on any atom is 0.242 e. The van der Waals surface area contributed by atoms with Crippen molar-refractivity contribution in [1.82, 2.24) is 9.21 Å². The third-order valence-corrected chi connectivity index (χ3v) is 8.73. The van der Waals surface area contributed by atoms with Crippen LogP contribution in [0.2, 0.25) is 0 Å². The molecule has 2 aliphatic heterocycles. The Morgan fingerprint density at radius 1 is 1.25 bits per heavy atom. The van der Waals surface area contributed by atoms with Crippen molar-refractivity contribution in [3.05, 3.63) is 46.2 Å². The van der Waals surface area contributed by atoms with E-state index in [0.29, 0.717) is 13.1 Å². The number of amides is 1. The largest absolute Gasteiger partial charge is 0.377 e. The van der Waals surface area contributed by atoms with Gasteiger partial charge in [0.05, 0.1) is 17.5 Å². The summed E-state index contributed by atoms with van der Waals surface area (Å²) in [6.07, 6.45) is 3.87. The Morgan fingerprint density at radius 2 is 2.09 bits per heavy atom. The molecule has 7 nitrogen and oxygen atoms in total. The number of hydrogen-bond donors (Lipinski definition) is 0. The molecule has 3 heterocycles. The maximum atomic E-state index is 13.4. The Hall–Kier alpha value is -1.78. The first kappa shape index (κ1) is 23.4. The zero-order chi connectivity index (χ0) is 22.7. The molecule has 2 aromatic rings. The van der Waals surface area contributed by atoms with Gasteiger partial charge in [0, 0.05) is 50.9 Å². The van der Waals surface area contributed by atoms with Gasteiger partial charge in [-0.2, -0.15) is 0 Å². The molecule has 1 unspecified atom stereocenters. The summed E-state index contributed by atoms with van der Waals surface area (Å²) in [4.78, 5) is 18.9. The number of fused-ring (bicyclic) bond motifs is 1. The molecule has 0 spiro atoms. The normalized spacial score (nSPS) is 19.0. The Morgan fingerprint density at radius 3 is 2.78 bits per heavy atom. The molecule has 4 rings (SSSR count). The molecule has 0 N–H and O–H groups in total. The van der Waals surface area contributed by atoms with Crippen LogP contribution in [0.3, 0.4) is 0 Å². The molecule has 0 aliphatic carbocycles. The summed E-state index contributed by atoms with van der Waals surface area (Å²) in [7, 11) is -0.443. The fourth-order valence-electron chi connectivity index (χ4n) is 4.36. The highest BCUT2D eigenvalue weighted by atomic mass is 32.2. The lowest BCUT2D eigenvalue weighted by molar-refractivity contribution is -0.120. The zero-order valence-electron chi connectivity index (χ0n) is 18.7. The number of carbonyl (C=O) groups excluding carboxylic acids is 1. The summed E-state index contributed by atoms with van der Waals surface area (Å²) in [6, 6.07) is 9.24. The fraction of sp³-hybridized carbons (Fsp3) is 0.522. The van der Waals surface area contributed by atoms with Gasteiger partial charge in [-0.3, -0.25) is 9.69 Å². The molecule has 1 aromatic heterocycles. The highest BCUT2D eigenvalue weighted by Crippen LogP contribution is 2.30. The van der Waals surface area contributed by atoms with Crippen LogP contribution in [0, 0.1) is 0 Å². The van der Waals surface area contributed by atoms with Gasteiger partial charge in [-0.25, -0.2) is 12.7 Å². The molecule has 0 radical (unpaired) electrons. The fourth-order valence-corrected chi connectivity index (χ4v) is 6.06. The second kappa shape index (κ2) is 10.0. The second-order valence-electron chi connectivity index (χ2n) is 8.61. The minimum absolute atomic E-state index is 0.0451. The van der Waals surface area contributed by atoms with Gasteiger partial charge in [0.15, 0.2) is 0 Å². The average Bonchev–Trinajstić information content (AvgIpc) is 3.47. The maximum absolute atomic E-state index is 13.4. The predicted molar refractivity (Wildman–Crippen MR) is 127 cm³/mol. The summed E-state index contributed by atoms with van der Waals surface area (Å²) in [6.45, 7) is 3.23. The highest BCUT2D eigenvalue weighted by Gasteiger charge is 2.28. The number of ether oxygens (including phenoxy) is 1. The number of aryl methyl sites for hydroxylation is 1. The summed E-state index contributed by atoms with van der Waals surface area (Å²) in [5.41, 5.74) is 1.74. The predicted octanol–water partition coefficient (Wildman–Crippen LogP) is 2.96. The quantitative estimate of drug-likeness (QED) is 0.585. The van der Waals surface area contributed by atoms with Gasteiger partial charge in [-0.05, 0) is 60.9 Å². The van der Waals surface area contributed by atoms with Gasteiger partial charge in [-0.1, -0.05) is 6.07 Å². The van der Waals surface area contributed by atoms with E-state index in [1.807, 2.05) is 11.0 Å². The first-order valence-corrected chi connectivity index (χ1v) is 13.4. The van der Waals surface area contributed by atoms with Crippen LogP contribution in [-0.4, -0.2) is 70.0 Å². The number of hydrogen-bond acceptors (Lipinski definition) is 6. The monoisotopic (exact) mass is 477 g/mol. The van der Waals surface area contributed by atoms with E-state index in [-0.39, 0.29) is 16.9 Å². The summed E-state index contributed by atoms with van der Waals surface area (Å²) in [5.74, 6) is 0.0451. The number of benzene rings is 1. The van der Waals surface area contributed by atoms with Crippen molar-refractivity contribution in [2.45, 2.75) is 43.2 Å². The van der Waals surface area contributed by atoms with Crippen LogP contribution in [-0.2, 0) is 32.5 Å². The molecule has 1 aromatic carbocycles. The Balaban J connectivity index is 1.52. The molecule has 9 heteroatoms. The van der Waals surface area contributed by atoms with Crippen LogP contribution in [0.1, 0.15) is 29.7 Å². The van der Waals surface area contributed by atoms with Gasteiger partial charge in [0.1, 0.15) is 0 Å². The van der Waals surface area contributed by atoms with E-state index in [4.69, 9.17) is 4.74 Å². The molecular formula is C23H31N3O4S2. The van der Waals surface area contributed by atoms with Crippen molar-refractivity contribution in [2.24, 2.45) is 0 Å².